The fourth-order valence-corrected chi connectivity index (χ4v) is 2.90. The summed E-state index contributed by atoms with van der Waals surface area (Å²) in [6.07, 6.45) is -0.349. The normalized spacial score (nSPS) is 23.9. The number of amides is 1. The summed E-state index contributed by atoms with van der Waals surface area (Å²) in [6, 6.07) is 1.57. The van der Waals surface area contributed by atoms with Crippen LogP contribution in [-0.4, -0.2) is 58.1 Å². The molecule has 2 saturated heterocycles. The molecule has 0 radical (unpaired) electrons. The minimum absolute atomic E-state index is 0.0850. The molecule has 7 heteroatoms. The van der Waals surface area contributed by atoms with Crippen LogP contribution in [0.4, 0.5) is 8.78 Å². The molecule has 1 atom stereocenters. The Bertz CT molecular complexity index is 476. The summed E-state index contributed by atoms with van der Waals surface area (Å²) in [4.78, 5) is 16.3. The maximum atomic E-state index is 12.5. The van der Waals surface area contributed by atoms with Crippen LogP contribution < -0.4 is 0 Å². The average Bonchev–Trinajstić information content (AvgIpc) is 3.06. The highest BCUT2D eigenvalue weighted by atomic mass is 19.3. The zero-order valence-corrected chi connectivity index (χ0v) is 10.5. The van der Waals surface area contributed by atoms with Crippen molar-refractivity contribution in [2.75, 3.05) is 26.2 Å². The number of rotatable bonds is 2. The van der Waals surface area contributed by atoms with Crippen LogP contribution in [-0.2, 0) is 0 Å². The van der Waals surface area contributed by atoms with Gasteiger partial charge in [0.1, 0.15) is 5.69 Å². The number of halogens is 2. The molecule has 0 unspecified atom stereocenters. The third kappa shape index (κ3) is 2.34. The van der Waals surface area contributed by atoms with Gasteiger partial charge in [-0.15, -0.1) is 0 Å². The summed E-state index contributed by atoms with van der Waals surface area (Å²) < 4.78 is 24.9. The molecule has 0 aliphatic carbocycles. The van der Waals surface area contributed by atoms with Crippen molar-refractivity contribution in [1.82, 2.24) is 20.0 Å². The number of piperazine rings is 1. The van der Waals surface area contributed by atoms with Crippen molar-refractivity contribution in [1.29, 1.82) is 0 Å². The van der Waals surface area contributed by atoms with Gasteiger partial charge in [0.25, 0.3) is 12.3 Å². The molecule has 19 heavy (non-hydrogen) atoms. The Morgan fingerprint density at radius 3 is 3.00 bits per heavy atom. The van der Waals surface area contributed by atoms with Gasteiger partial charge in [0, 0.05) is 25.7 Å². The zero-order valence-electron chi connectivity index (χ0n) is 10.5. The van der Waals surface area contributed by atoms with Crippen LogP contribution in [0.25, 0.3) is 0 Å². The van der Waals surface area contributed by atoms with E-state index >= 15 is 0 Å². The number of aromatic nitrogens is 2. The molecule has 1 aromatic rings. The summed E-state index contributed by atoms with van der Waals surface area (Å²) in [5.74, 6) is -0.255. The number of aromatic amines is 1. The summed E-state index contributed by atoms with van der Waals surface area (Å²) in [7, 11) is 0. The maximum absolute atomic E-state index is 12.5. The van der Waals surface area contributed by atoms with Crippen LogP contribution in [0.2, 0.25) is 0 Å². The van der Waals surface area contributed by atoms with Gasteiger partial charge in [-0.1, -0.05) is 0 Å². The highest BCUT2D eigenvalue weighted by molar-refractivity contribution is 5.92. The van der Waals surface area contributed by atoms with Crippen molar-refractivity contribution in [3.8, 4) is 0 Å². The second kappa shape index (κ2) is 4.88. The van der Waals surface area contributed by atoms with Gasteiger partial charge in [0.2, 0.25) is 0 Å². The lowest BCUT2D eigenvalue weighted by molar-refractivity contribution is 0.0565. The monoisotopic (exact) mass is 270 g/mol. The molecule has 0 aromatic carbocycles. The Hall–Kier alpha value is -1.50. The molecule has 2 aliphatic heterocycles. The van der Waals surface area contributed by atoms with Crippen LogP contribution >= 0.6 is 0 Å². The molecule has 1 amide bonds. The second-order valence-corrected chi connectivity index (χ2v) is 5.09. The van der Waals surface area contributed by atoms with Crippen LogP contribution in [0.15, 0.2) is 6.07 Å². The molecule has 3 heterocycles. The van der Waals surface area contributed by atoms with Crippen LogP contribution in [0.1, 0.15) is 35.4 Å². The van der Waals surface area contributed by atoms with Crippen molar-refractivity contribution in [3.05, 3.63) is 17.5 Å². The Kier molecular flexibility index (Phi) is 3.22. The first-order chi connectivity index (χ1) is 9.15. The van der Waals surface area contributed by atoms with Crippen molar-refractivity contribution in [3.63, 3.8) is 0 Å². The lowest BCUT2D eigenvalue weighted by Gasteiger charge is -2.37. The lowest BCUT2D eigenvalue weighted by Crippen LogP contribution is -2.52. The summed E-state index contributed by atoms with van der Waals surface area (Å²) in [5.41, 5.74) is -0.218. The number of H-pyrrole nitrogens is 1. The summed E-state index contributed by atoms with van der Waals surface area (Å²) in [5, 5.41) is 5.90. The first kappa shape index (κ1) is 12.5. The van der Waals surface area contributed by atoms with E-state index in [-0.39, 0.29) is 17.3 Å². The molecule has 2 aliphatic rings. The number of nitrogens with one attached hydrogen (secondary N) is 1. The Morgan fingerprint density at radius 1 is 1.42 bits per heavy atom. The highest BCUT2D eigenvalue weighted by Gasteiger charge is 2.33. The number of fused-ring (bicyclic) bond motifs is 1. The number of hydrogen-bond donors (Lipinski definition) is 1. The number of alkyl halides is 2. The Labute approximate surface area is 109 Å². The first-order valence-electron chi connectivity index (χ1n) is 6.52. The zero-order chi connectivity index (χ0) is 13.4. The van der Waals surface area contributed by atoms with E-state index in [2.05, 4.69) is 15.1 Å². The molecule has 5 nitrogen and oxygen atoms in total. The standard InChI is InChI=1S/C12H16F2N4O/c13-11(14)9-6-10(16-15-9)12(19)18-5-4-17-3-1-2-8(17)7-18/h6,8,11H,1-5,7H2,(H,15,16)/t8-/m1/s1. The van der Waals surface area contributed by atoms with Gasteiger partial charge in [-0.25, -0.2) is 8.78 Å². The quantitative estimate of drug-likeness (QED) is 0.880. The van der Waals surface area contributed by atoms with Crippen molar-refractivity contribution < 1.29 is 13.6 Å². The van der Waals surface area contributed by atoms with E-state index < -0.39 is 6.43 Å². The minimum atomic E-state index is -2.62. The van der Waals surface area contributed by atoms with E-state index in [1.807, 2.05) is 0 Å². The SMILES string of the molecule is O=C(c1cc(C(F)F)[nH]n1)N1CCN2CCC[C@@H]2C1. The van der Waals surface area contributed by atoms with Crippen LogP contribution in [0.3, 0.4) is 0 Å². The fourth-order valence-electron chi connectivity index (χ4n) is 2.90. The van der Waals surface area contributed by atoms with Gasteiger partial charge in [-0.05, 0) is 25.5 Å². The molecular formula is C12H16F2N4O. The summed E-state index contributed by atoms with van der Waals surface area (Å²) >= 11 is 0. The van der Waals surface area contributed by atoms with Crippen molar-refractivity contribution in [2.45, 2.75) is 25.3 Å². The lowest BCUT2D eigenvalue weighted by atomic mass is 10.1. The molecule has 2 fully saturated rings. The maximum Gasteiger partial charge on any atom is 0.279 e. The topological polar surface area (TPSA) is 52.2 Å². The van der Waals surface area contributed by atoms with Crippen molar-refractivity contribution in [2.24, 2.45) is 0 Å². The van der Waals surface area contributed by atoms with E-state index in [4.69, 9.17) is 0 Å². The predicted molar refractivity (Wildman–Crippen MR) is 64.0 cm³/mol. The van der Waals surface area contributed by atoms with E-state index in [9.17, 15) is 13.6 Å². The molecule has 104 valence electrons. The number of nitrogens with zero attached hydrogens (tertiary/aromatic N) is 3. The van der Waals surface area contributed by atoms with Gasteiger partial charge >= 0.3 is 0 Å². The smallest absolute Gasteiger partial charge is 0.279 e. The van der Waals surface area contributed by atoms with E-state index in [0.29, 0.717) is 19.1 Å². The molecule has 3 rings (SSSR count). The summed E-state index contributed by atoms with van der Waals surface area (Å²) in [6.45, 7) is 3.29. The first-order valence-corrected chi connectivity index (χ1v) is 6.52. The van der Waals surface area contributed by atoms with Gasteiger partial charge in [-0.3, -0.25) is 14.8 Å². The number of carbonyl (C=O) groups excluding carboxylic acids is 1. The largest absolute Gasteiger partial charge is 0.334 e. The van der Waals surface area contributed by atoms with Gasteiger partial charge in [0.15, 0.2) is 5.69 Å². The Morgan fingerprint density at radius 2 is 2.26 bits per heavy atom. The molecular weight excluding hydrogens is 254 g/mol. The molecule has 1 N–H and O–H groups in total. The van der Waals surface area contributed by atoms with Crippen LogP contribution in [0, 0.1) is 0 Å². The van der Waals surface area contributed by atoms with Gasteiger partial charge in [-0.2, -0.15) is 5.10 Å². The average molecular weight is 270 g/mol. The molecule has 1 aromatic heterocycles. The molecule has 0 bridgehead atoms. The Balaban J connectivity index is 1.69. The molecule has 0 spiro atoms. The molecule has 0 saturated carbocycles. The van der Waals surface area contributed by atoms with Crippen LogP contribution in [0.5, 0.6) is 0 Å². The second-order valence-electron chi connectivity index (χ2n) is 5.09. The fraction of sp³-hybridized carbons (Fsp3) is 0.667. The van der Waals surface area contributed by atoms with Crippen molar-refractivity contribution >= 4 is 5.91 Å². The third-order valence-electron chi connectivity index (χ3n) is 3.93. The number of carbonyl (C=O) groups is 1. The van der Waals surface area contributed by atoms with Gasteiger partial charge in [0.05, 0.1) is 0 Å². The minimum Gasteiger partial charge on any atom is -0.334 e. The van der Waals surface area contributed by atoms with E-state index in [1.54, 1.807) is 4.90 Å². The highest BCUT2D eigenvalue weighted by Crippen LogP contribution is 2.23. The number of hydrogen-bond acceptors (Lipinski definition) is 3. The van der Waals surface area contributed by atoms with Gasteiger partial charge < -0.3 is 4.90 Å². The van der Waals surface area contributed by atoms with E-state index in [1.165, 1.54) is 6.42 Å². The predicted octanol–water partition coefficient (Wildman–Crippen LogP) is 1.27. The third-order valence-corrected chi connectivity index (χ3v) is 3.93. The van der Waals surface area contributed by atoms with E-state index in [0.717, 1.165) is 25.6 Å².